The maximum absolute atomic E-state index is 11.0. The molecule has 122 valence electrons. The standard InChI is InChI=1S/C17H26N2O3/c18-17(21)9-15-7-4-8-19(10-15)11-16(20)13-22-12-14-5-2-1-3-6-14/h1-3,5-6,15-16,20H,4,7-13H2,(H2,18,21). The number of β-amino-alcohol motifs (C(OH)–C–C–N with tert-alkyl or cyclic N) is 1. The Hall–Kier alpha value is -1.43. The van der Waals surface area contributed by atoms with Gasteiger partial charge in [0.2, 0.25) is 5.91 Å². The van der Waals surface area contributed by atoms with Crippen LogP contribution in [0.4, 0.5) is 0 Å². The molecule has 1 fully saturated rings. The third kappa shape index (κ3) is 6.13. The number of nitrogens with two attached hydrogens (primary N) is 1. The van der Waals surface area contributed by atoms with Gasteiger partial charge in [-0.1, -0.05) is 30.3 Å². The lowest BCUT2D eigenvalue weighted by molar-refractivity contribution is -0.119. The molecule has 2 unspecified atom stereocenters. The number of primary amides is 1. The normalized spacial score (nSPS) is 20.7. The van der Waals surface area contributed by atoms with Gasteiger partial charge < -0.3 is 20.5 Å². The molecule has 1 saturated heterocycles. The smallest absolute Gasteiger partial charge is 0.217 e. The van der Waals surface area contributed by atoms with Crippen LogP contribution in [0.3, 0.4) is 0 Å². The van der Waals surface area contributed by atoms with E-state index in [9.17, 15) is 9.90 Å². The molecule has 5 heteroatoms. The summed E-state index contributed by atoms with van der Waals surface area (Å²) in [7, 11) is 0. The topological polar surface area (TPSA) is 75.8 Å². The van der Waals surface area contributed by atoms with Crippen molar-refractivity contribution in [2.24, 2.45) is 11.7 Å². The molecule has 1 aromatic rings. The summed E-state index contributed by atoms with van der Waals surface area (Å²) in [5.74, 6) is 0.0854. The van der Waals surface area contributed by atoms with Crippen LogP contribution in [0.5, 0.6) is 0 Å². The Kier molecular flexibility index (Phi) is 6.83. The average Bonchev–Trinajstić information content (AvgIpc) is 2.48. The molecule has 1 heterocycles. The number of piperidine rings is 1. The van der Waals surface area contributed by atoms with Gasteiger partial charge in [-0.15, -0.1) is 0 Å². The van der Waals surface area contributed by atoms with E-state index in [1.165, 1.54) is 0 Å². The Labute approximate surface area is 132 Å². The Bertz CT molecular complexity index is 452. The quantitative estimate of drug-likeness (QED) is 0.755. The monoisotopic (exact) mass is 306 g/mol. The van der Waals surface area contributed by atoms with Gasteiger partial charge >= 0.3 is 0 Å². The zero-order valence-corrected chi connectivity index (χ0v) is 13.0. The van der Waals surface area contributed by atoms with Gasteiger partial charge in [-0.25, -0.2) is 0 Å². The maximum atomic E-state index is 11.0. The fourth-order valence-corrected chi connectivity index (χ4v) is 3.01. The number of aliphatic hydroxyl groups excluding tert-OH is 1. The highest BCUT2D eigenvalue weighted by molar-refractivity contribution is 5.74. The summed E-state index contributed by atoms with van der Waals surface area (Å²) in [5.41, 5.74) is 6.37. The van der Waals surface area contributed by atoms with Crippen LogP contribution in [0.1, 0.15) is 24.8 Å². The molecular weight excluding hydrogens is 280 g/mol. The number of carbonyl (C=O) groups excluding carboxylic acids is 1. The Morgan fingerprint density at radius 3 is 2.91 bits per heavy atom. The molecule has 0 radical (unpaired) electrons. The van der Waals surface area contributed by atoms with Gasteiger partial charge in [0, 0.05) is 19.5 Å². The van der Waals surface area contributed by atoms with Crippen molar-refractivity contribution in [3.63, 3.8) is 0 Å². The minimum atomic E-state index is -0.504. The summed E-state index contributed by atoms with van der Waals surface area (Å²) in [5, 5.41) is 10.1. The fourth-order valence-electron chi connectivity index (χ4n) is 3.01. The van der Waals surface area contributed by atoms with E-state index in [1.807, 2.05) is 30.3 Å². The molecule has 22 heavy (non-hydrogen) atoms. The van der Waals surface area contributed by atoms with E-state index in [-0.39, 0.29) is 5.91 Å². The molecule has 0 saturated carbocycles. The summed E-state index contributed by atoms with van der Waals surface area (Å²) in [6.45, 7) is 3.22. The zero-order chi connectivity index (χ0) is 15.8. The molecule has 2 rings (SSSR count). The van der Waals surface area contributed by atoms with Crippen molar-refractivity contribution in [2.45, 2.75) is 32.0 Å². The van der Waals surface area contributed by atoms with Crippen LogP contribution in [0, 0.1) is 5.92 Å². The van der Waals surface area contributed by atoms with Gasteiger partial charge in [-0.05, 0) is 30.9 Å². The van der Waals surface area contributed by atoms with Crippen molar-refractivity contribution >= 4 is 5.91 Å². The van der Waals surface area contributed by atoms with E-state index in [1.54, 1.807) is 0 Å². The summed E-state index contributed by atoms with van der Waals surface area (Å²) in [6, 6.07) is 9.93. The van der Waals surface area contributed by atoms with Crippen molar-refractivity contribution in [1.82, 2.24) is 4.90 Å². The SMILES string of the molecule is NC(=O)CC1CCCN(CC(O)COCc2ccccc2)C1. The van der Waals surface area contributed by atoms with Crippen LogP contribution in [0.25, 0.3) is 0 Å². The van der Waals surface area contributed by atoms with Crippen LogP contribution in [0.15, 0.2) is 30.3 Å². The minimum Gasteiger partial charge on any atom is -0.389 e. The predicted octanol–water partition coefficient (Wildman–Crippen LogP) is 1.15. The van der Waals surface area contributed by atoms with Gasteiger partial charge in [0.15, 0.2) is 0 Å². The van der Waals surface area contributed by atoms with Gasteiger partial charge in [-0.2, -0.15) is 0 Å². The zero-order valence-electron chi connectivity index (χ0n) is 13.0. The third-order valence-electron chi connectivity index (χ3n) is 3.98. The Morgan fingerprint density at radius 1 is 1.41 bits per heavy atom. The number of hydrogen-bond donors (Lipinski definition) is 2. The molecule has 0 aromatic heterocycles. The first-order valence-electron chi connectivity index (χ1n) is 7.94. The molecule has 0 bridgehead atoms. The largest absolute Gasteiger partial charge is 0.389 e. The minimum absolute atomic E-state index is 0.237. The Balaban J connectivity index is 1.65. The number of aliphatic hydroxyl groups is 1. The molecule has 1 amide bonds. The predicted molar refractivity (Wildman–Crippen MR) is 85.1 cm³/mol. The van der Waals surface area contributed by atoms with Crippen LogP contribution in [0.2, 0.25) is 0 Å². The number of nitrogens with zero attached hydrogens (tertiary/aromatic N) is 1. The van der Waals surface area contributed by atoms with Gasteiger partial charge in [0.25, 0.3) is 0 Å². The summed E-state index contributed by atoms with van der Waals surface area (Å²) < 4.78 is 5.56. The highest BCUT2D eigenvalue weighted by Crippen LogP contribution is 2.19. The van der Waals surface area contributed by atoms with Crippen LogP contribution >= 0.6 is 0 Å². The first-order valence-corrected chi connectivity index (χ1v) is 7.94. The molecule has 2 atom stereocenters. The lowest BCUT2D eigenvalue weighted by atomic mass is 9.94. The van der Waals surface area contributed by atoms with Crippen molar-refractivity contribution in [2.75, 3.05) is 26.2 Å². The lowest BCUT2D eigenvalue weighted by Gasteiger charge is -2.33. The summed E-state index contributed by atoms with van der Waals surface area (Å²) in [4.78, 5) is 13.2. The second kappa shape index (κ2) is 8.88. The average molecular weight is 306 g/mol. The summed E-state index contributed by atoms with van der Waals surface area (Å²) >= 11 is 0. The van der Waals surface area contributed by atoms with Crippen LogP contribution in [-0.4, -0.2) is 48.3 Å². The highest BCUT2D eigenvalue weighted by atomic mass is 16.5. The van der Waals surface area contributed by atoms with E-state index < -0.39 is 6.10 Å². The second-order valence-corrected chi connectivity index (χ2v) is 6.09. The highest BCUT2D eigenvalue weighted by Gasteiger charge is 2.22. The number of likely N-dealkylation sites (tertiary alicyclic amines) is 1. The molecule has 0 aliphatic carbocycles. The molecule has 1 aliphatic heterocycles. The van der Waals surface area contributed by atoms with Crippen LogP contribution < -0.4 is 5.73 Å². The van der Waals surface area contributed by atoms with E-state index in [0.717, 1.165) is 31.5 Å². The van der Waals surface area contributed by atoms with Crippen molar-refractivity contribution in [3.05, 3.63) is 35.9 Å². The van der Waals surface area contributed by atoms with Gasteiger partial charge in [0.05, 0.1) is 19.3 Å². The molecule has 1 aliphatic rings. The lowest BCUT2D eigenvalue weighted by Crippen LogP contribution is -2.42. The number of rotatable bonds is 8. The second-order valence-electron chi connectivity index (χ2n) is 6.09. The number of benzene rings is 1. The fraction of sp³-hybridized carbons (Fsp3) is 0.588. The Morgan fingerprint density at radius 2 is 2.18 bits per heavy atom. The third-order valence-corrected chi connectivity index (χ3v) is 3.98. The van der Waals surface area contributed by atoms with Crippen molar-refractivity contribution in [3.8, 4) is 0 Å². The van der Waals surface area contributed by atoms with E-state index >= 15 is 0 Å². The van der Waals surface area contributed by atoms with E-state index in [0.29, 0.717) is 32.1 Å². The first-order chi connectivity index (χ1) is 10.6. The first kappa shape index (κ1) is 16.9. The van der Waals surface area contributed by atoms with Crippen molar-refractivity contribution < 1.29 is 14.6 Å². The number of hydrogen-bond acceptors (Lipinski definition) is 4. The number of ether oxygens (including phenoxy) is 1. The van der Waals surface area contributed by atoms with Gasteiger partial charge in [-0.3, -0.25) is 4.79 Å². The van der Waals surface area contributed by atoms with Crippen molar-refractivity contribution in [1.29, 1.82) is 0 Å². The molecule has 5 nitrogen and oxygen atoms in total. The van der Waals surface area contributed by atoms with E-state index in [2.05, 4.69) is 4.90 Å². The molecular formula is C17H26N2O3. The molecule has 0 spiro atoms. The molecule has 3 N–H and O–H groups in total. The van der Waals surface area contributed by atoms with E-state index in [4.69, 9.17) is 10.5 Å². The number of carbonyl (C=O) groups is 1. The molecule has 1 aromatic carbocycles. The van der Waals surface area contributed by atoms with Crippen LogP contribution in [-0.2, 0) is 16.1 Å². The van der Waals surface area contributed by atoms with Gasteiger partial charge in [0.1, 0.15) is 0 Å². The summed E-state index contributed by atoms with van der Waals surface area (Å²) in [6.07, 6.45) is 2.03. The maximum Gasteiger partial charge on any atom is 0.217 e. The number of amides is 1.